The van der Waals surface area contributed by atoms with Gasteiger partial charge in [0, 0.05) is 10.6 Å². The first kappa shape index (κ1) is 13.0. The standard InChI is InChI=1S/C16H18OS/c1-2-17-15-10-8-14(9-11-15)12-13-18-16-6-4-3-5-7-16/h3-11H,2,12-13H2,1H3. The Kier molecular flexibility index (Phi) is 5.15. The van der Waals surface area contributed by atoms with Crippen LogP contribution in [0.15, 0.2) is 59.5 Å². The summed E-state index contributed by atoms with van der Waals surface area (Å²) in [5.41, 5.74) is 1.36. The quantitative estimate of drug-likeness (QED) is 0.709. The van der Waals surface area contributed by atoms with Crippen molar-refractivity contribution in [2.75, 3.05) is 12.4 Å². The average Bonchev–Trinajstić information content (AvgIpc) is 2.42. The highest BCUT2D eigenvalue weighted by Gasteiger charge is 1.97. The summed E-state index contributed by atoms with van der Waals surface area (Å²) in [5, 5.41) is 0. The maximum atomic E-state index is 5.43. The van der Waals surface area contributed by atoms with Crippen LogP contribution in [0.2, 0.25) is 0 Å². The zero-order valence-electron chi connectivity index (χ0n) is 10.6. The summed E-state index contributed by atoms with van der Waals surface area (Å²) >= 11 is 1.90. The molecule has 1 nitrogen and oxygen atoms in total. The monoisotopic (exact) mass is 258 g/mol. The normalized spacial score (nSPS) is 10.3. The van der Waals surface area contributed by atoms with E-state index in [0.717, 1.165) is 24.5 Å². The first-order valence-corrected chi connectivity index (χ1v) is 7.26. The van der Waals surface area contributed by atoms with Gasteiger partial charge in [0.15, 0.2) is 0 Å². The molecule has 0 atom stereocenters. The fraction of sp³-hybridized carbons (Fsp3) is 0.250. The Hall–Kier alpha value is -1.41. The Balaban J connectivity index is 1.80. The van der Waals surface area contributed by atoms with Crippen molar-refractivity contribution in [3.8, 4) is 5.75 Å². The predicted octanol–water partition coefficient (Wildman–Crippen LogP) is 4.42. The summed E-state index contributed by atoms with van der Waals surface area (Å²) in [6, 6.07) is 18.9. The molecule has 0 amide bonds. The molecular formula is C16H18OS. The van der Waals surface area contributed by atoms with Gasteiger partial charge in [0.2, 0.25) is 0 Å². The van der Waals surface area contributed by atoms with Crippen LogP contribution in [-0.4, -0.2) is 12.4 Å². The molecule has 0 spiro atoms. The van der Waals surface area contributed by atoms with Crippen molar-refractivity contribution in [2.45, 2.75) is 18.2 Å². The average molecular weight is 258 g/mol. The van der Waals surface area contributed by atoms with E-state index < -0.39 is 0 Å². The van der Waals surface area contributed by atoms with Crippen LogP contribution in [0.5, 0.6) is 5.75 Å². The zero-order chi connectivity index (χ0) is 12.6. The molecule has 0 radical (unpaired) electrons. The van der Waals surface area contributed by atoms with E-state index in [-0.39, 0.29) is 0 Å². The molecule has 0 aliphatic heterocycles. The highest BCUT2D eigenvalue weighted by molar-refractivity contribution is 7.99. The molecule has 0 saturated carbocycles. The van der Waals surface area contributed by atoms with E-state index in [1.165, 1.54) is 10.5 Å². The fourth-order valence-corrected chi connectivity index (χ4v) is 2.65. The van der Waals surface area contributed by atoms with Gasteiger partial charge in [-0.15, -0.1) is 11.8 Å². The topological polar surface area (TPSA) is 9.23 Å². The van der Waals surface area contributed by atoms with Gasteiger partial charge in [-0.2, -0.15) is 0 Å². The smallest absolute Gasteiger partial charge is 0.119 e. The number of aryl methyl sites for hydroxylation is 1. The summed E-state index contributed by atoms with van der Waals surface area (Å²) in [7, 11) is 0. The molecule has 0 saturated heterocycles. The summed E-state index contributed by atoms with van der Waals surface area (Å²) in [4.78, 5) is 1.34. The molecule has 0 aromatic heterocycles. The van der Waals surface area contributed by atoms with Crippen molar-refractivity contribution in [2.24, 2.45) is 0 Å². The van der Waals surface area contributed by atoms with E-state index in [1.807, 2.05) is 30.8 Å². The van der Waals surface area contributed by atoms with E-state index in [9.17, 15) is 0 Å². The predicted molar refractivity (Wildman–Crippen MR) is 78.5 cm³/mol. The van der Waals surface area contributed by atoms with Crippen LogP contribution < -0.4 is 4.74 Å². The fourth-order valence-electron chi connectivity index (χ4n) is 1.72. The van der Waals surface area contributed by atoms with Gasteiger partial charge < -0.3 is 4.74 Å². The second-order valence-corrected chi connectivity index (χ2v) is 5.16. The van der Waals surface area contributed by atoms with Gasteiger partial charge in [0.25, 0.3) is 0 Å². The van der Waals surface area contributed by atoms with Crippen LogP contribution in [0.4, 0.5) is 0 Å². The van der Waals surface area contributed by atoms with Gasteiger partial charge in [0.05, 0.1) is 6.61 Å². The molecule has 2 rings (SSSR count). The minimum atomic E-state index is 0.725. The summed E-state index contributed by atoms with van der Waals surface area (Å²) in [6.45, 7) is 2.73. The molecule has 2 aromatic rings. The molecule has 0 fully saturated rings. The Morgan fingerprint density at radius 2 is 1.67 bits per heavy atom. The lowest BCUT2D eigenvalue weighted by Crippen LogP contribution is -1.92. The second-order valence-electron chi connectivity index (χ2n) is 3.99. The molecule has 2 heteroatoms. The Morgan fingerprint density at radius 1 is 0.944 bits per heavy atom. The van der Waals surface area contributed by atoms with Gasteiger partial charge >= 0.3 is 0 Å². The van der Waals surface area contributed by atoms with E-state index in [1.54, 1.807) is 0 Å². The summed E-state index contributed by atoms with van der Waals surface area (Å²) in [6.07, 6.45) is 1.09. The molecule has 0 aliphatic carbocycles. The maximum absolute atomic E-state index is 5.43. The number of benzene rings is 2. The first-order chi connectivity index (χ1) is 8.88. The molecule has 0 aliphatic rings. The van der Waals surface area contributed by atoms with Crippen molar-refractivity contribution in [3.05, 3.63) is 60.2 Å². The highest BCUT2D eigenvalue weighted by Crippen LogP contribution is 2.19. The lowest BCUT2D eigenvalue weighted by Gasteiger charge is -2.05. The third kappa shape index (κ3) is 4.11. The van der Waals surface area contributed by atoms with Gasteiger partial charge in [-0.1, -0.05) is 30.3 Å². The van der Waals surface area contributed by atoms with Crippen LogP contribution in [0.3, 0.4) is 0 Å². The molecule has 0 heterocycles. The van der Waals surface area contributed by atoms with E-state index in [4.69, 9.17) is 4.74 Å². The van der Waals surface area contributed by atoms with Crippen LogP contribution in [-0.2, 0) is 6.42 Å². The van der Waals surface area contributed by atoms with E-state index >= 15 is 0 Å². The van der Waals surface area contributed by atoms with Crippen molar-refractivity contribution in [3.63, 3.8) is 0 Å². The molecule has 0 unspecified atom stereocenters. The molecule has 94 valence electrons. The number of thioether (sulfide) groups is 1. The Bertz CT molecular complexity index is 450. The third-order valence-corrected chi connectivity index (χ3v) is 3.65. The van der Waals surface area contributed by atoms with E-state index in [0.29, 0.717) is 0 Å². The van der Waals surface area contributed by atoms with Crippen LogP contribution in [0.25, 0.3) is 0 Å². The van der Waals surface area contributed by atoms with Crippen molar-refractivity contribution < 1.29 is 4.74 Å². The zero-order valence-corrected chi connectivity index (χ0v) is 11.5. The van der Waals surface area contributed by atoms with Gasteiger partial charge in [-0.05, 0) is 43.2 Å². The number of ether oxygens (including phenoxy) is 1. The van der Waals surface area contributed by atoms with Crippen molar-refractivity contribution in [1.82, 2.24) is 0 Å². The van der Waals surface area contributed by atoms with Gasteiger partial charge in [-0.3, -0.25) is 0 Å². The Labute approximate surface area is 113 Å². The Morgan fingerprint density at radius 3 is 2.33 bits per heavy atom. The summed E-state index contributed by atoms with van der Waals surface area (Å²) in [5.74, 6) is 2.06. The van der Waals surface area contributed by atoms with Crippen molar-refractivity contribution in [1.29, 1.82) is 0 Å². The minimum Gasteiger partial charge on any atom is -0.494 e. The highest BCUT2D eigenvalue weighted by atomic mass is 32.2. The lowest BCUT2D eigenvalue weighted by molar-refractivity contribution is 0.340. The van der Waals surface area contributed by atoms with Gasteiger partial charge in [0.1, 0.15) is 5.75 Å². The van der Waals surface area contributed by atoms with Crippen molar-refractivity contribution >= 4 is 11.8 Å². The van der Waals surface area contributed by atoms with E-state index in [2.05, 4.69) is 42.5 Å². The minimum absolute atomic E-state index is 0.725. The van der Waals surface area contributed by atoms with Crippen LogP contribution in [0, 0.1) is 0 Å². The van der Waals surface area contributed by atoms with Crippen LogP contribution >= 0.6 is 11.8 Å². The van der Waals surface area contributed by atoms with Crippen LogP contribution in [0.1, 0.15) is 12.5 Å². The molecule has 2 aromatic carbocycles. The maximum Gasteiger partial charge on any atom is 0.119 e. The lowest BCUT2D eigenvalue weighted by atomic mass is 10.2. The van der Waals surface area contributed by atoms with Gasteiger partial charge in [-0.25, -0.2) is 0 Å². The first-order valence-electron chi connectivity index (χ1n) is 6.28. The summed E-state index contributed by atoms with van der Waals surface area (Å²) < 4.78 is 5.43. The molecule has 0 N–H and O–H groups in total. The third-order valence-electron chi connectivity index (χ3n) is 2.64. The molecule has 18 heavy (non-hydrogen) atoms. The molecular weight excluding hydrogens is 240 g/mol. The second kappa shape index (κ2) is 7.12. The largest absolute Gasteiger partial charge is 0.494 e. The number of rotatable bonds is 6. The number of hydrogen-bond acceptors (Lipinski definition) is 2. The molecule has 0 bridgehead atoms. The number of hydrogen-bond donors (Lipinski definition) is 0. The SMILES string of the molecule is CCOc1ccc(CCSc2ccccc2)cc1.